The first-order chi connectivity index (χ1) is 13.2. The molecule has 2 amide bonds. The summed E-state index contributed by atoms with van der Waals surface area (Å²) in [5.41, 5.74) is -0.436. The van der Waals surface area contributed by atoms with Crippen LogP contribution in [0, 0.1) is 17.5 Å². The third-order valence-corrected chi connectivity index (χ3v) is 4.94. The highest BCUT2D eigenvalue weighted by atomic mass is 19.2. The minimum Gasteiger partial charge on any atom is -0.336 e. The fourth-order valence-corrected chi connectivity index (χ4v) is 3.70. The van der Waals surface area contributed by atoms with Gasteiger partial charge in [0.2, 0.25) is 11.8 Å². The number of halogens is 3. The number of nitrogens with zero attached hydrogens (tertiary/aromatic N) is 2. The van der Waals surface area contributed by atoms with Crippen molar-refractivity contribution in [1.82, 2.24) is 9.80 Å². The van der Waals surface area contributed by atoms with Gasteiger partial charge in [0.1, 0.15) is 0 Å². The van der Waals surface area contributed by atoms with Gasteiger partial charge in [-0.15, -0.1) is 0 Å². The van der Waals surface area contributed by atoms with Gasteiger partial charge in [-0.05, 0) is 45.9 Å². The molecular weight excluding hydrogens is 371 g/mol. The maximum Gasteiger partial charge on any atom is 0.238 e. The zero-order chi connectivity index (χ0) is 20.8. The molecule has 0 heterocycles. The maximum absolute atomic E-state index is 13.7. The molecule has 1 aromatic rings. The predicted molar refractivity (Wildman–Crippen MR) is 101 cm³/mol. The monoisotopic (exact) mass is 399 g/mol. The van der Waals surface area contributed by atoms with Crippen molar-refractivity contribution < 1.29 is 22.8 Å². The lowest BCUT2D eigenvalue weighted by atomic mass is 9.93. The first kappa shape index (κ1) is 22.2. The van der Waals surface area contributed by atoms with E-state index in [-0.39, 0.29) is 31.1 Å². The number of benzene rings is 1. The third-order valence-electron chi connectivity index (χ3n) is 4.94. The summed E-state index contributed by atoms with van der Waals surface area (Å²) in [6.07, 6.45) is 5.39. The molecule has 0 saturated heterocycles. The Morgan fingerprint density at radius 2 is 1.71 bits per heavy atom. The lowest BCUT2D eigenvalue weighted by molar-refractivity contribution is -0.137. The summed E-state index contributed by atoms with van der Waals surface area (Å²) in [6, 6.07) is 1.99. The SMILES string of the molecule is CC(C)N(C(=O)CN(C)CC(=O)Nc1ccc(F)c(F)c1F)C1CCCCC1. The van der Waals surface area contributed by atoms with Crippen molar-refractivity contribution in [2.45, 2.75) is 58.0 Å². The predicted octanol–water partition coefficient (Wildman–Crippen LogP) is 3.54. The van der Waals surface area contributed by atoms with E-state index >= 15 is 0 Å². The highest BCUT2D eigenvalue weighted by Crippen LogP contribution is 2.24. The van der Waals surface area contributed by atoms with Crippen LogP contribution in [-0.4, -0.2) is 53.8 Å². The number of carbonyl (C=O) groups is 2. The maximum atomic E-state index is 13.7. The van der Waals surface area contributed by atoms with Crippen LogP contribution in [0.25, 0.3) is 0 Å². The normalized spacial score (nSPS) is 15.1. The summed E-state index contributed by atoms with van der Waals surface area (Å²) in [6.45, 7) is 3.82. The van der Waals surface area contributed by atoms with Crippen LogP contribution in [0.3, 0.4) is 0 Å². The number of hydrogen-bond donors (Lipinski definition) is 1. The van der Waals surface area contributed by atoms with Gasteiger partial charge in [0.15, 0.2) is 17.5 Å². The quantitative estimate of drug-likeness (QED) is 0.714. The van der Waals surface area contributed by atoms with Crippen molar-refractivity contribution in [3.05, 3.63) is 29.6 Å². The van der Waals surface area contributed by atoms with Crippen molar-refractivity contribution in [1.29, 1.82) is 0 Å². The number of carbonyl (C=O) groups excluding carboxylic acids is 2. The van der Waals surface area contributed by atoms with Crippen LogP contribution in [-0.2, 0) is 9.59 Å². The smallest absolute Gasteiger partial charge is 0.238 e. The largest absolute Gasteiger partial charge is 0.336 e. The van der Waals surface area contributed by atoms with E-state index in [2.05, 4.69) is 5.32 Å². The Morgan fingerprint density at radius 3 is 2.32 bits per heavy atom. The summed E-state index contributed by atoms with van der Waals surface area (Å²) in [4.78, 5) is 28.3. The van der Waals surface area contributed by atoms with E-state index in [1.807, 2.05) is 18.7 Å². The Labute approximate surface area is 163 Å². The Bertz CT molecular complexity index is 706. The molecule has 0 radical (unpaired) electrons. The fourth-order valence-electron chi connectivity index (χ4n) is 3.70. The molecule has 8 heteroatoms. The lowest BCUT2D eigenvalue weighted by Crippen LogP contribution is -2.49. The number of rotatable bonds is 7. The minimum atomic E-state index is -1.64. The average Bonchev–Trinajstić information content (AvgIpc) is 2.62. The molecule has 1 fully saturated rings. The minimum absolute atomic E-state index is 0.0440. The molecule has 0 aromatic heterocycles. The van der Waals surface area contributed by atoms with Crippen molar-refractivity contribution >= 4 is 17.5 Å². The average molecular weight is 399 g/mol. The summed E-state index contributed by atoms with van der Waals surface area (Å²) >= 11 is 0. The van der Waals surface area contributed by atoms with Gasteiger partial charge in [0.25, 0.3) is 0 Å². The van der Waals surface area contributed by atoms with Crippen LogP contribution in [0.15, 0.2) is 12.1 Å². The topological polar surface area (TPSA) is 52.7 Å². The molecule has 28 heavy (non-hydrogen) atoms. The zero-order valence-corrected chi connectivity index (χ0v) is 16.6. The van der Waals surface area contributed by atoms with Crippen LogP contribution in [0.4, 0.5) is 18.9 Å². The van der Waals surface area contributed by atoms with Crippen LogP contribution in [0.5, 0.6) is 0 Å². The first-order valence-corrected chi connectivity index (χ1v) is 9.63. The van der Waals surface area contributed by atoms with E-state index in [4.69, 9.17) is 0 Å². The number of anilines is 1. The van der Waals surface area contributed by atoms with E-state index in [1.165, 1.54) is 11.3 Å². The highest BCUT2D eigenvalue weighted by Gasteiger charge is 2.28. The van der Waals surface area contributed by atoms with Crippen molar-refractivity contribution in [3.8, 4) is 0 Å². The van der Waals surface area contributed by atoms with Gasteiger partial charge in [0.05, 0.1) is 18.8 Å². The third kappa shape index (κ3) is 5.70. The van der Waals surface area contributed by atoms with Crippen LogP contribution < -0.4 is 5.32 Å². The molecule has 1 N–H and O–H groups in total. The molecule has 1 aromatic carbocycles. The van der Waals surface area contributed by atoms with Gasteiger partial charge in [-0.1, -0.05) is 19.3 Å². The van der Waals surface area contributed by atoms with E-state index in [1.54, 1.807) is 7.05 Å². The highest BCUT2D eigenvalue weighted by molar-refractivity contribution is 5.92. The lowest BCUT2D eigenvalue weighted by Gasteiger charge is -2.38. The van der Waals surface area contributed by atoms with Gasteiger partial charge in [0, 0.05) is 12.1 Å². The van der Waals surface area contributed by atoms with Crippen molar-refractivity contribution in [2.24, 2.45) is 0 Å². The summed E-state index contributed by atoms with van der Waals surface area (Å²) in [5.74, 6) is -5.09. The van der Waals surface area contributed by atoms with Gasteiger partial charge in [-0.25, -0.2) is 13.2 Å². The Hall–Kier alpha value is -2.09. The molecule has 0 atom stereocenters. The molecule has 0 spiro atoms. The van der Waals surface area contributed by atoms with Crippen LogP contribution in [0.1, 0.15) is 46.0 Å². The van der Waals surface area contributed by atoms with Crippen molar-refractivity contribution in [2.75, 3.05) is 25.5 Å². The fraction of sp³-hybridized carbons (Fsp3) is 0.600. The Balaban J connectivity index is 1.92. The molecule has 2 rings (SSSR count). The molecule has 1 aliphatic carbocycles. The Morgan fingerprint density at radius 1 is 1.07 bits per heavy atom. The summed E-state index contributed by atoms with van der Waals surface area (Å²) in [5, 5.41) is 2.21. The summed E-state index contributed by atoms with van der Waals surface area (Å²) in [7, 11) is 1.61. The van der Waals surface area contributed by atoms with E-state index < -0.39 is 29.0 Å². The summed E-state index contributed by atoms with van der Waals surface area (Å²) < 4.78 is 39.9. The zero-order valence-electron chi connectivity index (χ0n) is 16.6. The van der Waals surface area contributed by atoms with E-state index in [0.717, 1.165) is 37.8 Å². The molecule has 156 valence electrons. The molecule has 1 saturated carbocycles. The van der Waals surface area contributed by atoms with Gasteiger partial charge in [-0.2, -0.15) is 0 Å². The second kappa shape index (κ2) is 9.91. The second-order valence-corrected chi connectivity index (χ2v) is 7.63. The van der Waals surface area contributed by atoms with Gasteiger partial charge in [-0.3, -0.25) is 14.5 Å². The van der Waals surface area contributed by atoms with Gasteiger partial charge < -0.3 is 10.2 Å². The Kier molecular flexibility index (Phi) is 7.86. The van der Waals surface area contributed by atoms with Gasteiger partial charge >= 0.3 is 0 Å². The van der Waals surface area contributed by atoms with E-state index in [9.17, 15) is 22.8 Å². The van der Waals surface area contributed by atoms with Crippen molar-refractivity contribution in [3.63, 3.8) is 0 Å². The molecule has 0 bridgehead atoms. The van der Waals surface area contributed by atoms with Crippen LogP contribution in [0.2, 0.25) is 0 Å². The number of amides is 2. The number of nitrogens with one attached hydrogen (secondary N) is 1. The molecular formula is C20H28F3N3O2. The van der Waals surface area contributed by atoms with Crippen LogP contribution >= 0.6 is 0 Å². The number of likely N-dealkylation sites (N-methyl/N-ethyl adjacent to an activating group) is 1. The number of hydrogen-bond acceptors (Lipinski definition) is 3. The molecule has 1 aliphatic rings. The molecule has 0 aliphatic heterocycles. The second-order valence-electron chi connectivity index (χ2n) is 7.63. The van der Waals surface area contributed by atoms with E-state index in [0.29, 0.717) is 0 Å². The molecule has 0 unspecified atom stereocenters. The first-order valence-electron chi connectivity index (χ1n) is 9.63. The standard InChI is InChI=1S/C20H28F3N3O2/c1-13(2)26(14-7-5-4-6-8-14)18(28)12-25(3)11-17(27)24-16-10-9-15(21)19(22)20(16)23/h9-10,13-14H,4-8,11-12H2,1-3H3,(H,24,27). The molecule has 5 nitrogen and oxygen atoms in total.